The molecule has 2 heterocycles. The summed E-state index contributed by atoms with van der Waals surface area (Å²) in [4.78, 5) is 129. The summed E-state index contributed by atoms with van der Waals surface area (Å²) in [5, 5.41) is 15.2. The zero-order chi connectivity index (χ0) is 85.4. The Morgan fingerprint density at radius 3 is 1.00 bits per heavy atom. The van der Waals surface area contributed by atoms with Gasteiger partial charge in [-0.3, -0.25) is 94.6 Å². The number of ether oxygens (including phenoxy) is 8. The van der Waals surface area contributed by atoms with Gasteiger partial charge in [-0.15, -0.1) is 0 Å². The normalized spacial score (nSPS) is 14.4. The molecule has 0 aliphatic carbocycles. The van der Waals surface area contributed by atoms with E-state index < -0.39 is 124 Å². The number of rotatable bonds is 31. The average Bonchev–Trinajstić information content (AvgIpc) is 1.19. The van der Waals surface area contributed by atoms with Crippen LogP contribution in [0.2, 0.25) is 0 Å². The van der Waals surface area contributed by atoms with E-state index in [2.05, 4.69) is 70.7 Å². The molecule has 0 fully saturated rings. The van der Waals surface area contributed by atoms with Gasteiger partial charge in [0.2, 0.25) is 28.2 Å². The Bertz CT molecular complexity index is 3090. The van der Waals surface area contributed by atoms with Gasteiger partial charge in [-0.2, -0.15) is 0 Å². The molecule has 2 aromatic rings. The van der Waals surface area contributed by atoms with Gasteiger partial charge in [0.05, 0.1) is 52.9 Å². The number of hydrogen-bond donors (Lipinski definition) is 13. The number of likely N-dealkylation sites (N-methyl/N-ethyl adjacent to an activating group) is 2. The number of nitrogens with zero attached hydrogens (tertiary/aromatic N) is 5. The predicted molar refractivity (Wildman–Crippen MR) is 408 cm³/mol. The van der Waals surface area contributed by atoms with E-state index in [0.717, 1.165) is 26.4 Å². The topological polar surface area (TPSA) is 617 Å². The molecule has 10 unspecified atom stereocenters. The monoisotopic (exact) mass is 2010 g/mol. The molecule has 0 bridgehead atoms. The number of nitrogens with two attached hydrogens (primary N) is 3. The smallest absolute Gasteiger partial charge is 0.323 e. The van der Waals surface area contributed by atoms with Gasteiger partial charge in [0.25, 0.3) is 15.0 Å². The van der Waals surface area contributed by atoms with Crippen LogP contribution in [0.4, 0.5) is 0 Å². The van der Waals surface area contributed by atoms with Crippen molar-refractivity contribution in [2.24, 2.45) is 16.7 Å². The van der Waals surface area contributed by atoms with Crippen LogP contribution in [-0.2, 0) is 113 Å². The minimum Gasteiger partial charge on any atom is -0.487 e. The van der Waals surface area contributed by atoms with Gasteiger partial charge in [0.15, 0.2) is 19.4 Å². The molecule has 2 rings (SSSR count). The van der Waals surface area contributed by atoms with E-state index in [0.29, 0.717) is 19.8 Å². The predicted octanol–water partition coefficient (Wildman–Crippen LogP) is 5.52. The standard InChI is InChI=1S/C12H25N2O5P.C9H16N3O3P.C9H17N2O5P.C6H14NO4P.C6H13NO2.C5H11NO2.C4H7N2O2P.CH3Cl2OP.CH7N2OP.CH5O3P.2Pr/c1-7-18-11(15)9(3)13-20(6,17)14(5)10(4)12(16)19-8-2;1-4-15-9(13)8(2)11-16(3,14)12-6-5-10-7-12;1-4-15-8(12)6-10-17(3,14)11-7-9(13)16-5-2;1-4-11-6(8)5(2)7-12(3,9)10;1-4-9-6(8)5(2)7-3;1-3-8-5(7)4(2)6;1-9(7,8)6-3-2-5-4-6;3*1-5(2,3)4;;/h9-10H,7-8H2,1-6H3,(H,13,17);5-8H,4H2,1-3H3,(H,11,14);6-7H,4-5H2,1-3H3,(H2,10,11,14);5H,4H2,1-3H3,(H2,7,9,10);5,7H,4H2,1-3H3;4H,3,6H2,1-2H3;2-4H,1H3,(H,7,8);1H3;1H3,(H4,2,3,4);1H3,(H2,2,3,4);;/q;;-2;;;;;;;;;. The average molecular weight is 2010 g/mol. The van der Waals surface area contributed by atoms with Gasteiger partial charge in [-0.25, -0.2) is 43.0 Å². The molecule has 0 aromatic carbocycles. The van der Waals surface area contributed by atoms with Gasteiger partial charge < -0.3 is 78.7 Å². The van der Waals surface area contributed by atoms with Crippen molar-refractivity contribution in [1.29, 1.82) is 0 Å². The molecular weight excluding hydrogens is 1890 g/mol. The number of nitrogens with one attached hydrogen (secondary N) is 6. The van der Waals surface area contributed by atoms with E-state index in [9.17, 15) is 74.9 Å². The summed E-state index contributed by atoms with van der Waals surface area (Å²) in [6.45, 7) is 37.7. The first kappa shape index (κ1) is 127. The minimum atomic E-state index is -3.64. The summed E-state index contributed by atoms with van der Waals surface area (Å²) in [5.74, 6) is -6.36. The van der Waals surface area contributed by atoms with Crippen molar-refractivity contribution in [2.75, 3.05) is 120 Å². The second kappa shape index (κ2) is 68.7. The van der Waals surface area contributed by atoms with Crippen LogP contribution >= 0.6 is 80.7 Å². The van der Waals surface area contributed by atoms with E-state index in [4.69, 9.17) is 66.7 Å². The molecule has 0 saturated carbocycles. The van der Waals surface area contributed by atoms with E-state index in [1.807, 2.05) is 0 Å². The Hall–Kier alpha value is -1.49. The van der Waals surface area contributed by atoms with E-state index in [-0.39, 0.29) is 134 Å². The van der Waals surface area contributed by atoms with Crippen LogP contribution in [0.3, 0.4) is 0 Å². The van der Waals surface area contributed by atoms with Crippen molar-refractivity contribution in [3.8, 4) is 0 Å². The number of hydrogen-bond acceptors (Lipinski definition) is 28. The molecule has 0 saturated heterocycles. The van der Waals surface area contributed by atoms with Gasteiger partial charge >= 0.3 is 43.4 Å². The van der Waals surface area contributed by atoms with Crippen LogP contribution < -0.4 is 47.5 Å². The molecule has 0 amide bonds. The van der Waals surface area contributed by atoms with Crippen molar-refractivity contribution in [2.45, 2.75) is 133 Å². The van der Waals surface area contributed by atoms with Crippen molar-refractivity contribution >= 4 is 128 Å². The maximum atomic E-state index is 12.6. The van der Waals surface area contributed by atoms with Gasteiger partial charge in [0.1, 0.15) is 48.9 Å². The zero-order valence-electron chi connectivity index (χ0n) is 65.8. The fourth-order valence-electron chi connectivity index (χ4n) is 5.31. The van der Waals surface area contributed by atoms with E-state index in [1.54, 1.807) is 110 Å². The third-order valence-corrected chi connectivity index (χ3v) is 17.6. The SMILES string of the molecule is CCOC(=O)C(C)N.CCOC(=O)C(C)NC.CCOC(=O)C(C)NP(C)(=O)N(C)C(C)C(=O)OCC.CCOC(=O)C(C)NP(C)(=O)O.CCOC(=O)C(C)NP(C)(=O)n1ccnc1.CCOC(=O)[CH-]NP(C)(=O)N[CH-]C(=O)OCC.CP(=O)(Cl)Cl.CP(=O)(O)O.CP(=O)(O)n1ccnc1.CP(N)(N)=O.[Pr].[Pr]. The Morgan fingerprint density at radius 1 is 0.491 bits per heavy atom. The second-order valence-corrected chi connectivity index (χ2v) is 42.3. The van der Waals surface area contributed by atoms with Crippen LogP contribution in [0.5, 0.6) is 0 Å². The first-order valence-corrected chi connectivity index (χ1v) is 50.3. The number of aromatic nitrogens is 4. The third kappa shape index (κ3) is 90.0. The molecule has 10 atom stereocenters. The summed E-state index contributed by atoms with van der Waals surface area (Å²) in [6.07, 6.45) is 8.82. The molecular formula is C54H118Cl2N14O28P8Pr2-2. The second-order valence-electron chi connectivity index (χ2n) is 21.1. The molecule has 108 heavy (non-hydrogen) atoms. The van der Waals surface area contributed by atoms with Crippen molar-refractivity contribution in [1.82, 2.24) is 54.1 Å². The molecule has 2 radical (unpaired) electrons. The fraction of sp³-hybridized carbons (Fsp3) is 0.704. The van der Waals surface area contributed by atoms with Crippen LogP contribution in [0.25, 0.3) is 0 Å². The summed E-state index contributed by atoms with van der Waals surface area (Å²) in [6, 6.07) is -3.43. The summed E-state index contributed by atoms with van der Waals surface area (Å²) in [7, 11) is -18.4. The summed E-state index contributed by atoms with van der Waals surface area (Å²) in [5.41, 5.74) is 14.5. The first-order chi connectivity index (χ1) is 47.9. The Labute approximate surface area is 711 Å². The van der Waals surface area contributed by atoms with Crippen LogP contribution in [0, 0.1) is 95.7 Å². The Kier molecular flexibility index (Phi) is 81.0. The third-order valence-electron chi connectivity index (χ3n) is 10.0. The molecule has 2 aromatic heterocycles. The molecule has 634 valence electrons. The van der Waals surface area contributed by atoms with Gasteiger partial charge in [0, 0.05) is 161 Å². The molecule has 42 nitrogen and oxygen atoms in total. The number of carbonyl (C=O) groups excluding carboxylic acids is 8. The van der Waals surface area contributed by atoms with Gasteiger partial charge in [-0.05, 0) is 134 Å². The Morgan fingerprint density at radius 2 is 0.759 bits per heavy atom. The van der Waals surface area contributed by atoms with Crippen LogP contribution in [0.1, 0.15) is 96.9 Å². The summed E-state index contributed by atoms with van der Waals surface area (Å²) < 4.78 is 129. The van der Waals surface area contributed by atoms with Crippen LogP contribution in [0.15, 0.2) is 37.4 Å². The van der Waals surface area contributed by atoms with Crippen molar-refractivity contribution in [3.63, 3.8) is 0 Å². The number of carbonyl (C=O) groups is 8. The number of esters is 8. The number of imidazole rings is 2. The largest absolute Gasteiger partial charge is 0.487 e. The summed E-state index contributed by atoms with van der Waals surface area (Å²) >= 11 is 9.70. The van der Waals surface area contributed by atoms with Gasteiger partial charge in [-0.1, -0.05) is 0 Å². The fourth-order valence-corrected chi connectivity index (χ4v) is 10.8. The first-order valence-electron chi connectivity index (χ1n) is 31.4. The number of halogens is 2. The molecule has 0 aliphatic rings. The molecule has 54 heteroatoms. The van der Waals surface area contributed by atoms with E-state index in [1.165, 1.54) is 91.5 Å². The van der Waals surface area contributed by atoms with Crippen LogP contribution in [-0.4, -0.2) is 247 Å². The maximum Gasteiger partial charge on any atom is 0.323 e. The van der Waals surface area contributed by atoms with E-state index >= 15 is 0 Å². The quantitative estimate of drug-likeness (QED) is 0.0191. The molecule has 0 aliphatic heterocycles. The molecule has 0 spiro atoms. The van der Waals surface area contributed by atoms with Crippen molar-refractivity contribution in [3.05, 3.63) is 50.5 Å². The maximum absolute atomic E-state index is 12.6. The zero-order valence-corrected chi connectivity index (χ0v) is 81.9. The van der Waals surface area contributed by atoms with Crippen molar-refractivity contribution < 1.29 is 215 Å². The molecule has 16 N–H and O–H groups in total. The minimum absolute atomic E-state index is 0. The Balaban J connectivity index is -0.000000127.